The second kappa shape index (κ2) is 7.22. The van der Waals surface area contributed by atoms with Gasteiger partial charge in [-0.05, 0) is 24.5 Å². The van der Waals surface area contributed by atoms with Crippen LogP contribution in [0.5, 0.6) is 0 Å². The van der Waals surface area contributed by atoms with Gasteiger partial charge in [0.25, 0.3) is 5.91 Å². The van der Waals surface area contributed by atoms with E-state index < -0.39 is 6.10 Å². The van der Waals surface area contributed by atoms with E-state index in [1.165, 1.54) is 0 Å². The zero-order valence-corrected chi connectivity index (χ0v) is 13.2. The normalized spacial score (nSPS) is 13.6. The van der Waals surface area contributed by atoms with Crippen LogP contribution >= 0.6 is 0 Å². The molecule has 2 N–H and O–H groups in total. The van der Waals surface area contributed by atoms with E-state index in [1.54, 1.807) is 6.07 Å². The molecule has 0 aliphatic carbocycles. The molecule has 1 aromatic heterocycles. The van der Waals surface area contributed by atoms with Crippen LogP contribution in [0.3, 0.4) is 0 Å². The first-order valence-electron chi connectivity index (χ1n) is 7.51. The summed E-state index contributed by atoms with van der Waals surface area (Å²) in [6.07, 6.45) is 0.182. The Balaban J connectivity index is 1.95. The molecule has 5 nitrogen and oxygen atoms in total. The Morgan fingerprint density at radius 2 is 2.14 bits per heavy atom. The fraction of sp³-hybridized carbons (Fsp3) is 0.412. The number of hydrogen-bond acceptors (Lipinski definition) is 4. The zero-order chi connectivity index (χ0) is 16.1. The Morgan fingerprint density at radius 1 is 1.41 bits per heavy atom. The van der Waals surface area contributed by atoms with Crippen molar-refractivity contribution in [1.82, 2.24) is 10.5 Å². The van der Waals surface area contributed by atoms with E-state index in [4.69, 9.17) is 4.52 Å². The van der Waals surface area contributed by atoms with Gasteiger partial charge < -0.3 is 14.9 Å². The predicted octanol–water partition coefficient (Wildman–Crippen LogP) is 2.96. The van der Waals surface area contributed by atoms with Gasteiger partial charge in [-0.2, -0.15) is 0 Å². The number of benzene rings is 1. The Hall–Kier alpha value is -2.14. The van der Waals surface area contributed by atoms with E-state index >= 15 is 0 Å². The number of aliphatic hydroxyl groups excluding tert-OH is 1. The van der Waals surface area contributed by atoms with Gasteiger partial charge in [0.15, 0.2) is 0 Å². The van der Waals surface area contributed by atoms with Crippen LogP contribution in [0.4, 0.5) is 0 Å². The van der Waals surface area contributed by atoms with Gasteiger partial charge in [-0.3, -0.25) is 4.79 Å². The third-order valence-electron chi connectivity index (χ3n) is 3.87. The third-order valence-corrected chi connectivity index (χ3v) is 3.87. The summed E-state index contributed by atoms with van der Waals surface area (Å²) in [5.74, 6) is 0.0600. The van der Waals surface area contributed by atoms with E-state index in [-0.39, 0.29) is 24.1 Å². The average molecular weight is 302 g/mol. The maximum atomic E-state index is 12.0. The monoisotopic (exact) mass is 302 g/mol. The molecular weight excluding hydrogens is 280 g/mol. The number of carbonyl (C=O) groups is 1. The minimum absolute atomic E-state index is 0.128. The number of aromatic nitrogens is 1. The van der Waals surface area contributed by atoms with Crippen LogP contribution in [0.1, 0.15) is 59.7 Å². The molecule has 1 heterocycles. The highest BCUT2D eigenvalue weighted by Crippen LogP contribution is 2.19. The molecule has 0 saturated carbocycles. The number of rotatable bonds is 6. The van der Waals surface area contributed by atoms with Crippen molar-refractivity contribution < 1.29 is 14.4 Å². The molecule has 118 valence electrons. The number of nitrogens with zero attached hydrogens (tertiary/aromatic N) is 1. The van der Waals surface area contributed by atoms with Crippen molar-refractivity contribution in [2.45, 2.75) is 39.2 Å². The van der Waals surface area contributed by atoms with Crippen molar-refractivity contribution in [2.75, 3.05) is 6.54 Å². The quantitative estimate of drug-likeness (QED) is 0.860. The summed E-state index contributed by atoms with van der Waals surface area (Å²) >= 11 is 0. The SMILES string of the molecule is CCC(C)c1cc(C(=O)NCC(O)c2ccccc2C)on1. The number of aliphatic hydroxyl groups is 1. The first-order chi connectivity index (χ1) is 10.5. The molecule has 1 aromatic carbocycles. The second-order valence-electron chi connectivity index (χ2n) is 5.51. The predicted molar refractivity (Wildman–Crippen MR) is 83.7 cm³/mol. The lowest BCUT2D eigenvalue weighted by molar-refractivity contribution is 0.0879. The topological polar surface area (TPSA) is 75.4 Å². The minimum atomic E-state index is -0.748. The molecular formula is C17H22N2O3. The van der Waals surface area contributed by atoms with E-state index in [1.807, 2.05) is 38.1 Å². The van der Waals surface area contributed by atoms with Crippen LogP contribution in [0.25, 0.3) is 0 Å². The molecule has 0 radical (unpaired) electrons. The summed E-state index contributed by atoms with van der Waals surface area (Å²) in [7, 11) is 0. The lowest BCUT2D eigenvalue weighted by atomic mass is 10.0. The number of hydrogen-bond donors (Lipinski definition) is 2. The van der Waals surface area contributed by atoms with Crippen LogP contribution in [0.2, 0.25) is 0 Å². The fourth-order valence-electron chi connectivity index (χ4n) is 2.18. The van der Waals surface area contributed by atoms with Crippen molar-refractivity contribution in [3.63, 3.8) is 0 Å². The van der Waals surface area contributed by atoms with Gasteiger partial charge in [0.05, 0.1) is 11.8 Å². The van der Waals surface area contributed by atoms with Crippen LogP contribution in [-0.4, -0.2) is 22.7 Å². The lowest BCUT2D eigenvalue weighted by Crippen LogP contribution is -2.28. The molecule has 0 aliphatic heterocycles. The average Bonchev–Trinajstić information content (AvgIpc) is 3.02. The van der Waals surface area contributed by atoms with Gasteiger partial charge in [0.2, 0.25) is 5.76 Å². The van der Waals surface area contributed by atoms with Crippen molar-refractivity contribution >= 4 is 5.91 Å². The van der Waals surface area contributed by atoms with E-state index in [2.05, 4.69) is 17.4 Å². The summed E-state index contributed by atoms with van der Waals surface area (Å²) in [6, 6.07) is 9.21. The van der Waals surface area contributed by atoms with Crippen LogP contribution in [-0.2, 0) is 0 Å². The van der Waals surface area contributed by atoms with Crippen molar-refractivity contribution in [3.8, 4) is 0 Å². The van der Waals surface area contributed by atoms with Crippen LogP contribution in [0, 0.1) is 6.92 Å². The molecule has 2 atom stereocenters. The van der Waals surface area contributed by atoms with Gasteiger partial charge >= 0.3 is 0 Å². The maximum Gasteiger partial charge on any atom is 0.290 e. The Bertz CT molecular complexity index is 636. The van der Waals surface area contributed by atoms with Crippen LogP contribution in [0.15, 0.2) is 34.9 Å². The van der Waals surface area contributed by atoms with E-state index in [9.17, 15) is 9.90 Å². The van der Waals surface area contributed by atoms with Crippen molar-refractivity contribution in [3.05, 3.63) is 52.9 Å². The molecule has 5 heteroatoms. The highest BCUT2D eigenvalue weighted by Gasteiger charge is 2.17. The second-order valence-corrected chi connectivity index (χ2v) is 5.51. The first-order valence-corrected chi connectivity index (χ1v) is 7.51. The summed E-state index contributed by atoms with van der Waals surface area (Å²) in [5, 5.41) is 16.7. The molecule has 0 spiro atoms. The highest BCUT2D eigenvalue weighted by molar-refractivity contribution is 5.91. The zero-order valence-electron chi connectivity index (χ0n) is 13.2. The summed E-state index contributed by atoms with van der Waals surface area (Å²) in [6.45, 7) is 6.14. The highest BCUT2D eigenvalue weighted by atomic mass is 16.5. The number of aryl methyl sites for hydroxylation is 1. The minimum Gasteiger partial charge on any atom is -0.387 e. The molecule has 0 bridgehead atoms. The Kier molecular flexibility index (Phi) is 5.33. The maximum absolute atomic E-state index is 12.0. The fourth-order valence-corrected chi connectivity index (χ4v) is 2.18. The van der Waals surface area contributed by atoms with Crippen molar-refractivity contribution in [1.29, 1.82) is 0 Å². The first kappa shape index (κ1) is 16.2. The molecule has 2 rings (SSSR count). The van der Waals surface area contributed by atoms with Gasteiger partial charge in [0.1, 0.15) is 0 Å². The standard InChI is InChI=1S/C17H22N2O3/c1-4-11(2)14-9-16(22-19-14)17(21)18-10-15(20)13-8-6-5-7-12(13)3/h5-9,11,15,20H,4,10H2,1-3H3,(H,18,21). The Labute approximate surface area is 130 Å². The molecule has 0 fully saturated rings. The van der Waals surface area contributed by atoms with Gasteiger partial charge in [-0.15, -0.1) is 0 Å². The number of amides is 1. The van der Waals surface area contributed by atoms with E-state index in [0.717, 1.165) is 23.2 Å². The summed E-state index contributed by atoms with van der Waals surface area (Å²) < 4.78 is 5.07. The lowest BCUT2D eigenvalue weighted by Gasteiger charge is -2.13. The molecule has 0 aliphatic rings. The molecule has 1 amide bonds. The molecule has 0 saturated heterocycles. The largest absolute Gasteiger partial charge is 0.387 e. The van der Waals surface area contributed by atoms with Gasteiger partial charge in [-0.1, -0.05) is 43.3 Å². The van der Waals surface area contributed by atoms with Crippen molar-refractivity contribution in [2.24, 2.45) is 0 Å². The van der Waals surface area contributed by atoms with Gasteiger partial charge in [-0.25, -0.2) is 0 Å². The number of nitrogens with one attached hydrogen (secondary N) is 1. The molecule has 22 heavy (non-hydrogen) atoms. The smallest absolute Gasteiger partial charge is 0.290 e. The summed E-state index contributed by atoms with van der Waals surface area (Å²) in [4.78, 5) is 12.0. The van der Waals surface area contributed by atoms with Crippen LogP contribution < -0.4 is 5.32 Å². The Morgan fingerprint density at radius 3 is 2.82 bits per heavy atom. The van der Waals surface area contributed by atoms with Gasteiger partial charge in [0, 0.05) is 18.5 Å². The molecule has 2 aromatic rings. The summed E-state index contributed by atoms with van der Waals surface area (Å²) in [5.41, 5.74) is 2.57. The molecule has 2 unspecified atom stereocenters. The number of carbonyl (C=O) groups excluding carboxylic acids is 1. The third kappa shape index (κ3) is 3.74. The van der Waals surface area contributed by atoms with E-state index in [0.29, 0.717) is 0 Å².